The number of nitrogens with one attached hydrogen (secondary N) is 1. The number of likely N-dealkylation sites (N-methyl/N-ethyl adjacent to an activating group) is 1. The van der Waals surface area contributed by atoms with E-state index in [1.807, 2.05) is 50.2 Å². The number of carbonyl (C=O) groups is 1. The van der Waals surface area contributed by atoms with Crippen LogP contribution in [0.1, 0.15) is 56.2 Å². The van der Waals surface area contributed by atoms with Crippen LogP contribution >= 0.6 is 0 Å². The summed E-state index contributed by atoms with van der Waals surface area (Å²) in [7, 11) is 2.12. The van der Waals surface area contributed by atoms with Crippen LogP contribution in [0.3, 0.4) is 0 Å². The zero-order valence-electron chi connectivity index (χ0n) is 21.9. The van der Waals surface area contributed by atoms with Crippen molar-refractivity contribution in [2.75, 3.05) is 43.4 Å². The number of amides is 1. The van der Waals surface area contributed by atoms with Crippen LogP contribution in [0, 0.1) is 0 Å². The van der Waals surface area contributed by atoms with Crippen LogP contribution in [0.2, 0.25) is 0 Å². The maximum Gasteiger partial charge on any atom is 0.265 e. The van der Waals surface area contributed by atoms with Gasteiger partial charge in [0.2, 0.25) is 11.7 Å². The van der Waals surface area contributed by atoms with Gasteiger partial charge >= 0.3 is 0 Å². The average Bonchev–Trinajstić information content (AvgIpc) is 3.39. The first-order valence-corrected chi connectivity index (χ1v) is 13.0. The molecule has 37 heavy (non-hydrogen) atoms. The number of ether oxygens (including phenoxy) is 1. The lowest BCUT2D eigenvalue weighted by Gasteiger charge is -2.37. The number of hydrogen-bond acceptors (Lipinski definition) is 8. The van der Waals surface area contributed by atoms with Gasteiger partial charge in [-0.2, -0.15) is 4.98 Å². The molecule has 1 amide bonds. The van der Waals surface area contributed by atoms with Crippen molar-refractivity contribution < 1.29 is 19.2 Å². The molecule has 3 aromatic rings. The van der Waals surface area contributed by atoms with Gasteiger partial charge in [0.05, 0.1) is 11.8 Å². The minimum atomic E-state index is -0.596. The molecule has 2 N–H and O–H groups in total. The van der Waals surface area contributed by atoms with Crippen molar-refractivity contribution in [2.45, 2.75) is 51.7 Å². The second-order valence-corrected chi connectivity index (χ2v) is 10.3. The third kappa shape index (κ3) is 5.47. The summed E-state index contributed by atoms with van der Waals surface area (Å²) < 4.78 is 11.6. The smallest absolute Gasteiger partial charge is 0.265 e. The van der Waals surface area contributed by atoms with Crippen LogP contribution in [0.4, 0.5) is 11.4 Å². The van der Waals surface area contributed by atoms with Gasteiger partial charge in [-0.15, -0.1) is 0 Å². The topological polar surface area (TPSA) is 104 Å². The Morgan fingerprint density at radius 2 is 1.84 bits per heavy atom. The SMILES string of the molecule is CC(C)c1nc(-c2ccc(NC(=O)C3CCc4cc(C(C)O)cc(N5CCN(C)CC5)c4O3)cc2)no1. The van der Waals surface area contributed by atoms with Crippen molar-refractivity contribution in [1.82, 2.24) is 15.0 Å². The highest BCUT2D eigenvalue weighted by molar-refractivity contribution is 5.95. The number of aryl methyl sites for hydroxylation is 1. The summed E-state index contributed by atoms with van der Waals surface area (Å²) >= 11 is 0. The Morgan fingerprint density at radius 3 is 2.49 bits per heavy atom. The van der Waals surface area contributed by atoms with Gasteiger partial charge in [-0.1, -0.05) is 19.0 Å². The van der Waals surface area contributed by atoms with Crippen molar-refractivity contribution in [3.8, 4) is 17.1 Å². The first kappa shape index (κ1) is 25.2. The van der Waals surface area contributed by atoms with Crippen molar-refractivity contribution in [3.63, 3.8) is 0 Å². The molecule has 9 heteroatoms. The molecule has 0 aliphatic carbocycles. The first-order valence-electron chi connectivity index (χ1n) is 13.0. The van der Waals surface area contributed by atoms with Crippen LogP contribution in [-0.2, 0) is 11.2 Å². The molecule has 0 bridgehead atoms. The van der Waals surface area contributed by atoms with Gasteiger partial charge in [0, 0.05) is 43.3 Å². The standard InChI is InChI=1S/C28H35N5O4/c1-17(2)28-30-26(31-37-28)19-5-8-22(9-6-19)29-27(35)24-10-7-20-15-21(18(3)34)16-23(25(20)36-24)33-13-11-32(4)12-14-33/h5-6,8-9,15-18,24,34H,7,10-14H2,1-4H3,(H,29,35). The minimum absolute atomic E-state index is 0.163. The van der Waals surface area contributed by atoms with Gasteiger partial charge in [-0.3, -0.25) is 4.79 Å². The van der Waals surface area contributed by atoms with Crippen molar-refractivity contribution in [3.05, 3.63) is 53.4 Å². The molecule has 1 saturated heterocycles. The number of carbonyl (C=O) groups excluding carboxylic acids is 1. The highest BCUT2D eigenvalue weighted by Gasteiger charge is 2.31. The molecule has 2 aliphatic rings. The maximum atomic E-state index is 13.2. The number of aliphatic hydroxyl groups is 1. The Labute approximate surface area is 217 Å². The summed E-state index contributed by atoms with van der Waals surface area (Å²) in [5, 5.41) is 17.3. The van der Waals surface area contributed by atoms with Crippen molar-refractivity contribution in [2.24, 2.45) is 0 Å². The molecule has 3 heterocycles. The third-order valence-electron chi connectivity index (χ3n) is 7.07. The van der Waals surface area contributed by atoms with Crippen LogP contribution in [-0.4, -0.2) is 65.4 Å². The summed E-state index contributed by atoms with van der Waals surface area (Å²) in [6.45, 7) is 9.44. The lowest BCUT2D eigenvalue weighted by molar-refractivity contribution is -0.123. The van der Waals surface area contributed by atoms with E-state index in [2.05, 4.69) is 32.3 Å². The predicted molar refractivity (Wildman–Crippen MR) is 142 cm³/mol. The fraction of sp³-hybridized carbons (Fsp3) is 0.464. The van der Waals surface area contributed by atoms with E-state index in [0.717, 1.165) is 54.3 Å². The molecule has 0 radical (unpaired) electrons. The van der Waals surface area contributed by atoms with E-state index >= 15 is 0 Å². The van der Waals surface area contributed by atoms with Gasteiger partial charge in [0.15, 0.2) is 6.10 Å². The number of nitrogens with zero attached hydrogens (tertiary/aromatic N) is 4. The Bertz CT molecular complexity index is 1250. The van der Waals surface area contributed by atoms with Crippen LogP contribution in [0.15, 0.2) is 40.9 Å². The van der Waals surface area contributed by atoms with Gasteiger partial charge in [0.25, 0.3) is 5.91 Å². The molecule has 0 saturated carbocycles. The number of fused-ring (bicyclic) bond motifs is 1. The lowest BCUT2D eigenvalue weighted by Crippen LogP contribution is -2.45. The number of piperazine rings is 1. The fourth-order valence-corrected chi connectivity index (χ4v) is 4.73. The molecule has 9 nitrogen and oxygen atoms in total. The number of anilines is 2. The minimum Gasteiger partial charge on any atom is -0.478 e. The van der Waals surface area contributed by atoms with Crippen LogP contribution in [0.5, 0.6) is 5.75 Å². The van der Waals surface area contributed by atoms with Gasteiger partial charge < -0.3 is 29.5 Å². The zero-order chi connectivity index (χ0) is 26.1. The Morgan fingerprint density at radius 1 is 1.11 bits per heavy atom. The molecule has 196 valence electrons. The highest BCUT2D eigenvalue weighted by atomic mass is 16.5. The summed E-state index contributed by atoms with van der Waals surface area (Å²) in [6.07, 6.45) is 0.124. The van der Waals surface area contributed by atoms with E-state index in [0.29, 0.717) is 30.2 Å². The normalized spacial score (nSPS) is 18.9. The van der Waals surface area contributed by atoms with Gasteiger partial charge in [-0.25, -0.2) is 0 Å². The second kappa shape index (κ2) is 10.5. The molecule has 2 aromatic carbocycles. The second-order valence-electron chi connectivity index (χ2n) is 10.3. The van der Waals surface area contributed by atoms with E-state index in [1.54, 1.807) is 6.92 Å². The molecule has 2 aliphatic heterocycles. The summed E-state index contributed by atoms with van der Waals surface area (Å²) in [5.41, 5.74) is 4.38. The zero-order valence-corrected chi connectivity index (χ0v) is 21.9. The predicted octanol–water partition coefficient (Wildman–Crippen LogP) is 4.00. The van der Waals surface area contributed by atoms with Gasteiger partial charge in [-0.05, 0) is 74.3 Å². The van der Waals surface area contributed by atoms with Crippen LogP contribution < -0.4 is 15.0 Å². The highest BCUT2D eigenvalue weighted by Crippen LogP contribution is 2.40. The molecule has 1 fully saturated rings. The molecule has 0 spiro atoms. The maximum absolute atomic E-state index is 13.2. The number of hydrogen-bond donors (Lipinski definition) is 2. The molecule has 1 aromatic heterocycles. The molecule has 2 atom stereocenters. The summed E-state index contributed by atoms with van der Waals surface area (Å²) in [5.74, 6) is 1.87. The number of rotatable bonds is 6. The van der Waals surface area contributed by atoms with Crippen molar-refractivity contribution in [1.29, 1.82) is 0 Å². The largest absolute Gasteiger partial charge is 0.478 e. The summed E-state index contributed by atoms with van der Waals surface area (Å²) in [4.78, 5) is 22.2. The molecule has 2 unspecified atom stereocenters. The van der Waals surface area contributed by atoms with E-state index in [9.17, 15) is 9.90 Å². The van der Waals surface area contributed by atoms with E-state index in [1.165, 1.54) is 0 Å². The van der Waals surface area contributed by atoms with Gasteiger partial charge in [0.1, 0.15) is 5.75 Å². The monoisotopic (exact) mass is 505 g/mol. The molecular weight excluding hydrogens is 470 g/mol. The average molecular weight is 506 g/mol. The molecular formula is C28H35N5O4. The number of benzene rings is 2. The Hall–Kier alpha value is -3.43. The van der Waals surface area contributed by atoms with Crippen molar-refractivity contribution >= 4 is 17.3 Å². The lowest BCUT2D eigenvalue weighted by atomic mass is 9.96. The quantitative estimate of drug-likeness (QED) is 0.518. The number of aromatic nitrogens is 2. The Kier molecular flexibility index (Phi) is 7.17. The Balaban J connectivity index is 1.31. The van der Waals surface area contributed by atoms with E-state index < -0.39 is 12.2 Å². The van der Waals surface area contributed by atoms with E-state index in [4.69, 9.17) is 9.26 Å². The molecule has 5 rings (SSSR count). The van der Waals surface area contributed by atoms with E-state index in [-0.39, 0.29) is 11.8 Å². The third-order valence-corrected chi connectivity index (χ3v) is 7.07. The first-order chi connectivity index (χ1) is 17.8. The number of aliphatic hydroxyl groups excluding tert-OH is 1. The fourth-order valence-electron chi connectivity index (χ4n) is 4.73. The van der Waals surface area contributed by atoms with Crippen LogP contribution in [0.25, 0.3) is 11.4 Å². The summed E-state index contributed by atoms with van der Waals surface area (Å²) in [6, 6.07) is 11.4.